The molecular weight excluding hydrogens is 550 g/mol. The summed E-state index contributed by atoms with van der Waals surface area (Å²) in [6.07, 6.45) is 0. The molecule has 0 atom stereocenters. The highest BCUT2D eigenvalue weighted by atomic mass is 35.5. The van der Waals surface area contributed by atoms with Gasteiger partial charge in [-0.1, -0.05) is 52.5 Å². The first kappa shape index (κ1) is 24.0. The lowest BCUT2D eigenvalue weighted by atomic mass is 10.1. The van der Waals surface area contributed by atoms with E-state index >= 15 is 0 Å². The van der Waals surface area contributed by atoms with E-state index in [-0.39, 0.29) is 43.3 Å². The molecule has 0 aliphatic heterocycles. The van der Waals surface area contributed by atoms with Crippen LogP contribution in [0.1, 0.15) is 15.9 Å². The van der Waals surface area contributed by atoms with Crippen LogP contribution < -0.4 is 10.0 Å². The van der Waals surface area contributed by atoms with Crippen molar-refractivity contribution in [3.05, 3.63) is 79.7 Å². The fourth-order valence-electron chi connectivity index (χ4n) is 3.00. The number of nitrogens with one attached hydrogen (secondary N) is 2. The number of carbonyl (C=O) groups excluding carboxylic acids is 1. The lowest BCUT2D eigenvalue weighted by molar-refractivity contribution is 0.0952. The maximum Gasteiger partial charge on any atom is 0.264 e. The second kappa shape index (κ2) is 9.61. The topological polar surface area (TPSA) is 101 Å². The molecule has 0 saturated heterocycles. The Bertz CT molecular complexity index is 1470. The molecule has 170 valence electrons. The Morgan fingerprint density at radius 2 is 1.67 bits per heavy atom. The zero-order valence-electron chi connectivity index (χ0n) is 16.3. The number of aromatic nitrogens is 2. The molecule has 0 aliphatic carbocycles. The average Bonchev–Trinajstić information content (AvgIpc) is 3.21. The van der Waals surface area contributed by atoms with E-state index in [0.29, 0.717) is 16.1 Å². The number of anilines is 1. The standard InChI is InChI=1S/C20H12Cl4N4O3S2/c21-10-4-5-12(20(29)25-9-13-14(23)6-11(22)7-15(13)24)17(8-10)28-33(30,31)18-3-1-2-16-19(18)27-32-26-16/h1-8,28H,9H2,(H,25,29). The third-order valence-electron chi connectivity index (χ3n) is 4.54. The number of amides is 1. The molecule has 4 aromatic rings. The Kier molecular flexibility index (Phi) is 6.99. The van der Waals surface area contributed by atoms with Crippen molar-refractivity contribution in [1.29, 1.82) is 0 Å². The SMILES string of the molecule is O=C(NCc1c(Cl)cc(Cl)cc1Cl)c1ccc(Cl)cc1NS(=O)(=O)c1cccc2nsnc12. The van der Waals surface area contributed by atoms with Gasteiger partial charge in [-0.2, -0.15) is 8.75 Å². The molecule has 2 N–H and O–H groups in total. The highest BCUT2D eigenvalue weighted by Crippen LogP contribution is 2.30. The lowest BCUT2D eigenvalue weighted by Crippen LogP contribution is -2.25. The molecule has 13 heteroatoms. The maximum atomic E-state index is 13.1. The number of benzene rings is 3. The number of rotatable bonds is 6. The van der Waals surface area contributed by atoms with Crippen molar-refractivity contribution in [2.75, 3.05) is 4.72 Å². The first-order chi connectivity index (χ1) is 15.7. The third-order valence-corrected chi connectivity index (χ3v) is 7.61. The first-order valence-corrected chi connectivity index (χ1v) is 12.8. The molecule has 0 fully saturated rings. The molecule has 33 heavy (non-hydrogen) atoms. The zero-order chi connectivity index (χ0) is 23.8. The van der Waals surface area contributed by atoms with E-state index in [2.05, 4.69) is 18.8 Å². The van der Waals surface area contributed by atoms with Gasteiger partial charge < -0.3 is 5.32 Å². The minimum atomic E-state index is -4.11. The molecule has 1 amide bonds. The Balaban J connectivity index is 1.63. The fourth-order valence-corrected chi connectivity index (χ4v) is 5.96. The van der Waals surface area contributed by atoms with Crippen LogP contribution in [0, 0.1) is 0 Å². The Labute approximate surface area is 213 Å². The predicted molar refractivity (Wildman–Crippen MR) is 132 cm³/mol. The van der Waals surface area contributed by atoms with Crippen LogP contribution in [-0.2, 0) is 16.6 Å². The lowest BCUT2D eigenvalue weighted by Gasteiger charge is -2.14. The summed E-state index contributed by atoms with van der Waals surface area (Å²) in [5.74, 6) is -0.569. The van der Waals surface area contributed by atoms with Crippen molar-refractivity contribution in [2.45, 2.75) is 11.4 Å². The Morgan fingerprint density at radius 1 is 0.939 bits per heavy atom. The summed E-state index contributed by atoms with van der Waals surface area (Å²) in [6.45, 7) is -0.00765. The molecule has 4 rings (SSSR count). The third kappa shape index (κ3) is 5.18. The number of fused-ring (bicyclic) bond motifs is 1. The highest BCUT2D eigenvalue weighted by Gasteiger charge is 2.23. The van der Waals surface area contributed by atoms with Gasteiger partial charge in [0.1, 0.15) is 15.9 Å². The molecule has 0 unspecified atom stereocenters. The molecule has 1 heterocycles. The number of hydrogen-bond acceptors (Lipinski definition) is 6. The van der Waals surface area contributed by atoms with E-state index in [4.69, 9.17) is 46.4 Å². The van der Waals surface area contributed by atoms with Crippen LogP contribution in [0.2, 0.25) is 20.1 Å². The van der Waals surface area contributed by atoms with Crippen LogP contribution in [0.15, 0.2) is 53.4 Å². The number of carbonyl (C=O) groups is 1. The van der Waals surface area contributed by atoms with Crippen LogP contribution in [0.5, 0.6) is 0 Å². The summed E-state index contributed by atoms with van der Waals surface area (Å²) in [6, 6.07) is 11.9. The molecular formula is C20H12Cl4N4O3S2. The van der Waals surface area contributed by atoms with Crippen molar-refractivity contribution in [2.24, 2.45) is 0 Å². The van der Waals surface area contributed by atoms with Gasteiger partial charge in [-0.25, -0.2) is 8.42 Å². The number of sulfonamides is 1. The van der Waals surface area contributed by atoms with E-state index in [1.165, 1.54) is 36.4 Å². The molecule has 0 radical (unpaired) electrons. The van der Waals surface area contributed by atoms with E-state index in [0.717, 1.165) is 11.7 Å². The fraction of sp³-hybridized carbons (Fsp3) is 0.0500. The molecule has 3 aromatic carbocycles. The van der Waals surface area contributed by atoms with Crippen LogP contribution in [0.3, 0.4) is 0 Å². The van der Waals surface area contributed by atoms with E-state index in [1.807, 2.05) is 0 Å². The van der Waals surface area contributed by atoms with Crippen LogP contribution in [0.25, 0.3) is 11.0 Å². The van der Waals surface area contributed by atoms with Crippen LogP contribution in [0.4, 0.5) is 5.69 Å². The summed E-state index contributed by atoms with van der Waals surface area (Å²) in [5, 5.41) is 3.85. The van der Waals surface area contributed by atoms with Gasteiger partial charge in [0.05, 0.1) is 23.0 Å². The van der Waals surface area contributed by atoms with Gasteiger partial charge in [-0.05, 0) is 42.5 Å². The van der Waals surface area contributed by atoms with E-state index in [1.54, 1.807) is 12.1 Å². The predicted octanol–water partition coefficient (Wildman–Crippen LogP) is 6.04. The van der Waals surface area contributed by atoms with Gasteiger partial charge in [0, 0.05) is 32.2 Å². The normalized spacial score (nSPS) is 11.5. The first-order valence-electron chi connectivity index (χ1n) is 9.11. The van der Waals surface area contributed by atoms with Crippen molar-refractivity contribution in [1.82, 2.24) is 14.1 Å². The van der Waals surface area contributed by atoms with E-state index in [9.17, 15) is 13.2 Å². The molecule has 0 spiro atoms. The van der Waals surface area contributed by atoms with Crippen LogP contribution in [-0.4, -0.2) is 23.1 Å². The molecule has 0 aliphatic rings. The number of nitrogens with zero attached hydrogens (tertiary/aromatic N) is 2. The minimum absolute atomic E-state index is 0.00603. The van der Waals surface area contributed by atoms with Crippen molar-refractivity contribution in [3.8, 4) is 0 Å². The van der Waals surface area contributed by atoms with Crippen LogP contribution >= 0.6 is 58.1 Å². The van der Waals surface area contributed by atoms with Gasteiger partial charge in [0.2, 0.25) is 0 Å². The highest BCUT2D eigenvalue weighted by molar-refractivity contribution is 7.93. The number of halogens is 4. The Morgan fingerprint density at radius 3 is 2.39 bits per heavy atom. The van der Waals surface area contributed by atoms with Gasteiger partial charge in [-0.3, -0.25) is 9.52 Å². The summed E-state index contributed by atoms with van der Waals surface area (Å²) < 4.78 is 36.8. The summed E-state index contributed by atoms with van der Waals surface area (Å²) in [5.41, 5.74) is 1.19. The Hall–Kier alpha value is -2.14. The van der Waals surface area contributed by atoms with Gasteiger partial charge in [-0.15, -0.1) is 0 Å². The quantitative estimate of drug-likeness (QED) is 0.299. The van der Waals surface area contributed by atoms with Crippen molar-refractivity contribution < 1.29 is 13.2 Å². The summed E-state index contributed by atoms with van der Waals surface area (Å²) in [7, 11) is -4.11. The van der Waals surface area contributed by atoms with Gasteiger partial charge >= 0.3 is 0 Å². The van der Waals surface area contributed by atoms with Crippen molar-refractivity contribution in [3.63, 3.8) is 0 Å². The monoisotopic (exact) mass is 560 g/mol. The number of hydrogen-bond donors (Lipinski definition) is 2. The smallest absolute Gasteiger partial charge is 0.264 e. The van der Waals surface area contributed by atoms with Gasteiger partial charge in [0.15, 0.2) is 0 Å². The molecule has 7 nitrogen and oxygen atoms in total. The second-order valence-electron chi connectivity index (χ2n) is 6.71. The minimum Gasteiger partial charge on any atom is -0.348 e. The summed E-state index contributed by atoms with van der Waals surface area (Å²) >= 11 is 25.2. The van der Waals surface area contributed by atoms with Crippen molar-refractivity contribution >= 4 is 90.8 Å². The largest absolute Gasteiger partial charge is 0.348 e. The zero-order valence-corrected chi connectivity index (χ0v) is 20.9. The maximum absolute atomic E-state index is 13.1. The van der Waals surface area contributed by atoms with E-state index < -0.39 is 15.9 Å². The molecule has 0 bridgehead atoms. The molecule has 1 aromatic heterocycles. The second-order valence-corrected chi connectivity index (χ2v) is 10.6. The van der Waals surface area contributed by atoms with Gasteiger partial charge in [0.25, 0.3) is 15.9 Å². The average molecular weight is 562 g/mol. The molecule has 0 saturated carbocycles. The summed E-state index contributed by atoms with van der Waals surface area (Å²) in [4.78, 5) is 12.8.